The summed E-state index contributed by atoms with van der Waals surface area (Å²) in [6.07, 6.45) is 5.82. The minimum Gasteiger partial charge on any atom is -0.504 e. The zero-order valence-electron chi connectivity index (χ0n) is 15.6. The molecule has 0 atom stereocenters. The summed E-state index contributed by atoms with van der Waals surface area (Å²) in [6.45, 7) is 3.70. The number of phenolic OH excluding ortho intramolecular Hbond substituents is 1. The number of unbranched alkanes of at least 4 members (excludes halogenated alkanes) is 3. The van der Waals surface area contributed by atoms with Crippen LogP contribution in [-0.4, -0.2) is 17.6 Å². The lowest BCUT2D eigenvalue weighted by Crippen LogP contribution is -2.20. The average Bonchev–Trinajstić information content (AvgIpc) is 2.66. The highest BCUT2D eigenvalue weighted by molar-refractivity contribution is 6.37. The Morgan fingerprint density at radius 2 is 1.96 bits per heavy atom. The molecule has 2 aromatic rings. The molecule has 0 aliphatic heterocycles. The van der Waals surface area contributed by atoms with Gasteiger partial charge in [0.05, 0.1) is 10.7 Å². The maximum atomic E-state index is 12.1. The summed E-state index contributed by atoms with van der Waals surface area (Å²) in [6, 6.07) is 9.23. The van der Waals surface area contributed by atoms with Crippen molar-refractivity contribution in [3.63, 3.8) is 0 Å². The number of halogens is 2. The smallest absolute Gasteiger partial charge is 0.262 e. The molecule has 0 aromatic heterocycles. The summed E-state index contributed by atoms with van der Waals surface area (Å²) in [5, 5.41) is 13.1. The fraction of sp³-hybridized carbons (Fsp3) is 0.381. The Morgan fingerprint density at radius 3 is 2.70 bits per heavy atom. The van der Waals surface area contributed by atoms with Crippen LogP contribution in [-0.2, 0) is 11.2 Å². The van der Waals surface area contributed by atoms with Crippen molar-refractivity contribution in [2.45, 2.75) is 46.0 Å². The van der Waals surface area contributed by atoms with Crippen molar-refractivity contribution < 1.29 is 14.6 Å². The molecule has 4 nitrogen and oxygen atoms in total. The van der Waals surface area contributed by atoms with E-state index in [9.17, 15) is 9.90 Å². The van der Waals surface area contributed by atoms with Crippen LogP contribution in [0.3, 0.4) is 0 Å². The van der Waals surface area contributed by atoms with E-state index in [0.717, 1.165) is 12.8 Å². The van der Waals surface area contributed by atoms with Crippen molar-refractivity contribution in [2.75, 3.05) is 11.9 Å². The first-order valence-corrected chi connectivity index (χ1v) is 9.87. The molecule has 6 heteroatoms. The molecule has 1 amide bonds. The van der Waals surface area contributed by atoms with Gasteiger partial charge in [0.15, 0.2) is 12.4 Å². The van der Waals surface area contributed by atoms with E-state index in [1.807, 2.05) is 18.2 Å². The number of amides is 1. The molecule has 27 heavy (non-hydrogen) atoms. The van der Waals surface area contributed by atoms with Crippen molar-refractivity contribution in [1.82, 2.24) is 0 Å². The molecule has 2 aromatic carbocycles. The molecule has 2 N–H and O–H groups in total. The molecule has 0 spiro atoms. The Bertz CT molecular complexity index is 793. The van der Waals surface area contributed by atoms with Crippen LogP contribution in [0.1, 0.15) is 43.7 Å². The molecule has 0 heterocycles. The third-order valence-electron chi connectivity index (χ3n) is 4.28. The van der Waals surface area contributed by atoms with Gasteiger partial charge in [0.2, 0.25) is 0 Å². The predicted molar refractivity (Wildman–Crippen MR) is 111 cm³/mol. The number of carbonyl (C=O) groups is 1. The van der Waals surface area contributed by atoms with Gasteiger partial charge in [-0.1, -0.05) is 61.5 Å². The Morgan fingerprint density at radius 1 is 1.19 bits per heavy atom. The monoisotopic (exact) mass is 409 g/mol. The number of hydrogen-bond acceptors (Lipinski definition) is 3. The van der Waals surface area contributed by atoms with Crippen molar-refractivity contribution in [3.05, 3.63) is 51.5 Å². The van der Waals surface area contributed by atoms with E-state index in [1.165, 1.54) is 30.9 Å². The van der Waals surface area contributed by atoms with Crippen LogP contribution in [0.15, 0.2) is 30.3 Å². The van der Waals surface area contributed by atoms with Crippen LogP contribution in [0.4, 0.5) is 5.69 Å². The van der Waals surface area contributed by atoms with Crippen LogP contribution in [0.25, 0.3) is 0 Å². The van der Waals surface area contributed by atoms with Gasteiger partial charge in [0.25, 0.3) is 5.91 Å². The number of hydrogen-bond donors (Lipinski definition) is 2. The van der Waals surface area contributed by atoms with Crippen molar-refractivity contribution in [2.24, 2.45) is 0 Å². The van der Waals surface area contributed by atoms with Gasteiger partial charge < -0.3 is 15.2 Å². The summed E-state index contributed by atoms with van der Waals surface area (Å²) < 4.78 is 5.57. The lowest BCUT2D eigenvalue weighted by molar-refractivity contribution is -0.118. The highest BCUT2D eigenvalue weighted by Gasteiger charge is 2.15. The highest BCUT2D eigenvalue weighted by Crippen LogP contribution is 2.38. The van der Waals surface area contributed by atoms with E-state index in [4.69, 9.17) is 27.9 Å². The first kappa shape index (κ1) is 21.4. The molecule has 0 saturated carbocycles. The second-order valence-electron chi connectivity index (χ2n) is 6.49. The summed E-state index contributed by atoms with van der Waals surface area (Å²) in [4.78, 5) is 12.1. The number of anilines is 1. The summed E-state index contributed by atoms with van der Waals surface area (Å²) in [5.74, 6) is 0.0259. The number of benzene rings is 2. The van der Waals surface area contributed by atoms with E-state index >= 15 is 0 Å². The van der Waals surface area contributed by atoms with Crippen LogP contribution in [0.2, 0.25) is 10.0 Å². The van der Waals surface area contributed by atoms with E-state index < -0.39 is 5.91 Å². The van der Waals surface area contributed by atoms with Gasteiger partial charge in [0.1, 0.15) is 5.75 Å². The van der Waals surface area contributed by atoms with E-state index in [0.29, 0.717) is 16.3 Å². The number of rotatable bonds is 9. The number of aromatic hydroxyl groups is 1. The quantitative estimate of drug-likeness (QED) is 0.385. The van der Waals surface area contributed by atoms with Crippen molar-refractivity contribution >= 4 is 34.8 Å². The molecule has 0 saturated heterocycles. The molecule has 0 bridgehead atoms. The number of carbonyl (C=O) groups excluding carboxylic acids is 1. The Kier molecular flexibility index (Phi) is 8.26. The van der Waals surface area contributed by atoms with E-state index in [1.54, 1.807) is 6.92 Å². The summed E-state index contributed by atoms with van der Waals surface area (Å²) in [7, 11) is 0. The highest BCUT2D eigenvalue weighted by atomic mass is 35.5. The minimum atomic E-state index is -0.408. The molecule has 0 aliphatic rings. The summed E-state index contributed by atoms with van der Waals surface area (Å²) >= 11 is 12.1. The first-order chi connectivity index (χ1) is 12.9. The third-order valence-corrected chi connectivity index (χ3v) is 5.14. The standard InChI is InChI=1S/C21H25Cl2NO3/c1-3-4-5-6-8-15-9-7-10-16(11-15)27-13-19(25)24-18-12-17(22)14(2)20(23)21(18)26/h7,9-12,26H,3-6,8,13H2,1-2H3,(H,24,25). The van der Waals surface area contributed by atoms with Gasteiger partial charge in [-0.25, -0.2) is 0 Å². The largest absolute Gasteiger partial charge is 0.504 e. The molecular formula is C21H25Cl2NO3. The Balaban J connectivity index is 1.91. The summed E-state index contributed by atoms with van der Waals surface area (Å²) in [5.41, 5.74) is 1.91. The second kappa shape index (κ2) is 10.4. The fourth-order valence-corrected chi connectivity index (χ4v) is 3.14. The molecule has 0 unspecified atom stereocenters. The maximum Gasteiger partial charge on any atom is 0.262 e. The van der Waals surface area contributed by atoms with Gasteiger partial charge in [-0.2, -0.15) is 0 Å². The lowest BCUT2D eigenvalue weighted by Gasteiger charge is -2.12. The predicted octanol–water partition coefficient (Wildman–Crippen LogP) is 6.15. The lowest BCUT2D eigenvalue weighted by atomic mass is 10.1. The number of ether oxygens (including phenoxy) is 1. The molecule has 0 fully saturated rings. The SMILES string of the molecule is CCCCCCc1cccc(OCC(=O)Nc2cc(Cl)c(C)c(Cl)c2O)c1. The zero-order chi connectivity index (χ0) is 19.8. The van der Waals surface area contributed by atoms with Crippen LogP contribution in [0.5, 0.6) is 11.5 Å². The Hall–Kier alpha value is -1.91. The normalized spacial score (nSPS) is 10.7. The minimum absolute atomic E-state index is 0.120. The molecule has 0 radical (unpaired) electrons. The first-order valence-electron chi connectivity index (χ1n) is 9.11. The fourth-order valence-electron chi connectivity index (χ4n) is 2.68. The average molecular weight is 410 g/mol. The number of aryl methyl sites for hydroxylation is 1. The van der Waals surface area contributed by atoms with Gasteiger partial charge in [-0.3, -0.25) is 4.79 Å². The van der Waals surface area contributed by atoms with Gasteiger partial charge in [-0.15, -0.1) is 0 Å². The van der Waals surface area contributed by atoms with Gasteiger partial charge >= 0.3 is 0 Å². The molecule has 0 aliphatic carbocycles. The number of nitrogens with one attached hydrogen (secondary N) is 1. The maximum absolute atomic E-state index is 12.1. The van der Waals surface area contributed by atoms with Crippen LogP contribution < -0.4 is 10.1 Å². The van der Waals surface area contributed by atoms with Gasteiger partial charge in [0, 0.05) is 5.02 Å². The third kappa shape index (κ3) is 6.33. The molecule has 2 rings (SSSR count). The van der Waals surface area contributed by atoms with E-state index in [2.05, 4.69) is 18.3 Å². The van der Waals surface area contributed by atoms with Crippen molar-refractivity contribution in [1.29, 1.82) is 0 Å². The molecule has 146 valence electrons. The Labute approximate surface area is 170 Å². The van der Waals surface area contributed by atoms with Crippen LogP contribution >= 0.6 is 23.2 Å². The zero-order valence-corrected chi connectivity index (χ0v) is 17.2. The topological polar surface area (TPSA) is 58.6 Å². The van der Waals surface area contributed by atoms with Crippen molar-refractivity contribution in [3.8, 4) is 11.5 Å². The second-order valence-corrected chi connectivity index (χ2v) is 7.27. The number of phenols is 1. The van der Waals surface area contributed by atoms with Gasteiger partial charge in [-0.05, 0) is 49.1 Å². The molecular weight excluding hydrogens is 385 g/mol. The van der Waals surface area contributed by atoms with E-state index in [-0.39, 0.29) is 23.1 Å². The van der Waals surface area contributed by atoms with Crippen LogP contribution in [0, 0.1) is 6.92 Å².